The van der Waals surface area contributed by atoms with E-state index in [4.69, 9.17) is 4.98 Å². The Hall–Kier alpha value is -2.96. The first-order chi connectivity index (χ1) is 14.5. The van der Waals surface area contributed by atoms with Crippen molar-refractivity contribution in [1.82, 2.24) is 24.8 Å². The highest BCUT2D eigenvalue weighted by molar-refractivity contribution is 5.80. The van der Waals surface area contributed by atoms with Crippen molar-refractivity contribution < 1.29 is 4.79 Å². The molecule has 2 atom stereocenters. The molecule has 1 fully saturated rings. The zero-order valence-electron chi connectivity index (χ0n) is 18.0. The van der Waals surface area contributed by atoms with Crippen molar-refractivity contribution in [2.75, 3.05) is 18.0 Å². The van der Waals surface area contributed by atoms with Gasteiger partial charge in [-0.1, -0.05) is 26.0 Å². The Labute approximate surface area is 177 Å². The molecule has 1 amide bonds. The third kappa shape index (κ3) is 4.30. The molecule has 1 aliphatic heterocycles. The lowest BCUT2D eigenvalue weighted by Crippen LogP contribution is -2.45. The fraction of sp³-hybridized carbons (Fsp3) is 0.478. The predicted molar refractivity (Wildman–Crippen MR) is 118 cm³/mol. The number of benzene rings is 1. The van der Waals surface area contributed by atoms with Gasteiger partial charge in [-0.25, -0.2) is 15.0 Å². The molecule has 0 spiro atoms. The van der Waals surface area contributed by atoms with Crippen LogP contribution in [-0.2, 0) is 11.8 Å². The van der Waals surface area contributed by atoms with Gasteiger partial charge in [-0.15, -0.1) is 0 Å². The molecule has 7 nitrogen and oxygen atoms in total. The molecule has 7 heteroatoms. The lowest BCUT2D eigenvalue weighted by Gasteiger charge is -2.33. The van der Waals surface area contributed by atoms with Crippen LogP contribution in [0.25, 0.3) is 11.0 Å². The second kappa shape index (κ2) is 8.81. The Morgan fingerprint density at radius 1 is 1.20 bits per heavy atom. The number of nitrogens with one attached hydrogen (secondary N) is 1. The smallest absolute Gasteiger partial charge is 0.225 e. The van der Waals surface area contributed by atoms with Gasteiger partial charge in [-0.05, 0) is 43.4 Å². The van der Waals surface area contributed by atoms with Crippen LogP contribution in [0.1, 0.15) is 45.0 Å². The maximum atomic E-state index is 13.3. The van der Waals surface area contributed by atoms with Crippen molar-refractivity contribution in [1.29, 1.82) is 0 Å². The van der Waals surface area contributed by atoms with Gasteiger partial charge in [0.05, 0.1) is 23.0 Å². The zero-order chi connectivity index (χ0) is 21.1. The Morgan fingerprint density at radius 2 is 1.97 bits per heavy atom. The normalized spacial score (nSPS) is 18.0. The molecule has 0 radical (unpaired) electrons. The fourth-order valence-electron chi connectivity index (χ4n) is 4.29. The van der Waals surface area contributed by atoms with E-state index in [9.17, 15) is 4.79 Å². The maximum absolute atomic E-state index is 13.3. The van der Waals surface area contributed by atoms with E-state index in [2.05, 4.69) is 44.7 Å². The van der Waals surface area contributed by atoms with Gasteiger partial charge in [0.15, 0.2) is 0 Å². The van der Waals surface area contributed by atoms with Crippen LogP contribution in [0.15, 0.2) is 42.7 Å². The number of amides is 1. The lowest BCUT2D eigenvalue weighted by molar-refractivity contribution is -0.126. The van der Waals surface area contributed by atoms with Gasteiger partial charge in [-0.3, -0.25) is 4.79 Å². The molecule has 1 unspecified atom stereocenters. The van der Waals surface area contributed by atoms with Crippen molar-refractivity contribution in [3.8, 4) is 0 Å². The van der Waals surface area contributed by atoms with E-state index in [1.54, 1.807) is 12.4 Å². The molecule has 3 heterocycles. The number of nitrogens with zero attached hydrogens (tertiary/aromatic N) is 5. The molecule has 1 saturated heterocycles. The molecule has 2 aromatic heterocycles. The minimum atomic E-state index is -0.113. The quantitative estimate of drug-likeness (QED) is 0.678. The number of para-hydroxylation sites is 2. The predicted octanol–water partition coefficient (Wildman–Crippen LogP) is 3.48. The van der Waals surface area contributed by atoms with Crippen LogP contribution in [0.5, 0.6) is 0 Å². The van der Waals surface area contributed by atoms with Crippen molar-refractivity contribution in [3.63, 3.8) is 0 Å². The summed E-state index contributed by atoms with van der Waals surface area (Å²) in [7, 11) is 2.03. The van der Waals surface area contributed by atoms with Gasteiger partial charge in [0.25, 0.3) is 0 Å². The highest BCUT2D eigenvalue weighted by Crippen LogP contribution is 2.26. The minimum absolute atomic E-state index is 0.0769. The van der Waals surface area contributed by atoms with E-state index in [0.29, 0.717) is 18.4 Å². The van der Waals surface area contributed by atoms with Crippen molar-refractivity contribution in [2.45, 2.75) is 39.2 Å². The third-order valence-corrected chi connectivity index (χ3v) is 5.78. The number of fused-ring (bicyclic) bond motifs is 1. The van der Waals surface area contributed by atoms with E-state index in [-0.39, 0.29) is 17.9 Å². The Kier molecular flexibility index (Phi) is 5.97. The van der Waals surface area contributed by atoms with Crippen LogP contribution in [0.4, 0.5) is 5.95 Å². The topological polar surface area (TPSA) is 75.9 Å². The summed E-state index contributed by atoms with van der Waals surface area (Å²) in [5, 5.41) is 3.32. The van der Waals surface area contributed by atoms with Gasteiger partial charge in [-0.2, -0.15) is 0 Å². The Bertz CT molecular complexity index is 999. The van der Waals surface area contributed by atoms with Crippen molar-refractivity contribution in [2.24, 2.45) is 18.9 Å². The molecule has 158 valence electrons. The van der Waals surface area contributed by atoms with Gasteiger partial charge < -0.3 is 14.8 Å². The first kappa shape index (κ1) is 20.3. The van der Waals surface area contributed by atoms with Crippen molar-refractivity contribution in [3.05, 3.63) is 48.5 Å². The summed E-state index contributed by atoms with van der Waals surface area (Å²) < 4.78 is 2.10. The molecular formula is C23H30N6O. The van der Waals surface area contributed by atoms with E-state index in [0.717, 1.165) is 42.7 Å². The molecule has 0 aliphatic carbocycles. The SMILES string of the molecule is CC(C)C[C@H](NC(=O)C1CCCN(c2ncccn2)C1)c1nc2ccccc2n1C. The molecule has 3 aromatic rings. The van der Waals surface area contributed by atoms with Crippen LogP contribution < -0.4 is 10.2 Å². The number of imidazole rings is 1. The van der Waals surface area contributed by atoms with Crippen LogP contribution >= 0.6 is 0 Å². The highest BCUT2D eigenvalue weighted by Gasteiger charge is 2.30. The minimum Gasteiger partial charge on any atom is -0.346 e. The van der Waals surface area contributed by atoms with Gasteiger partial charge in [0.1, 0.15) is 5.82 Å². The third-order valence-electron chi connectivity index (χ3n) is 5.78. The average molecular weight is 407 g/mol. The van der Waals surface area contributed by atoms with E-state index >= 15 is 0 Å². The molecule has 1 aromatic carbocycles. The summed E-state index contributed by atoms with van der Waals surface area (Å²) in [6.45, 7) is 5.88. The Morgan fingerprint density at radius 3 is 2.70 bits per heavy atom. The number of rotatable bonds is 6. The summed E-state index contributed by atoms with van der Waals surface area (Å²) in [4.78, 5) is 28.9. The second-order valence-electron chi connectivity index (χ2n) is 8.54. The van der Waals surface area contributed by atoms with Crippen molar-refractivity contribution >= 4 is 22.9 Å². The summed E-state index contributed by atoms with van der Waals surface area (Å²) in [5.41, 5.74) is 2.05. The largest absolute Gasteiger partial charge is 0.346 e. The fourth-order valence-corrected chi connectivity index (χ4v) is 4.29. The van der Waals surface area contributed by atoms with Gasteiger partial charge in [0.2, 0.25) is 11.9 Å². The molecule has 4 rings (SSSR count). The van der Waals surface area contributed by atoms with Crippen LogP contribution in [0, 0.1) is 11.8 Å². The molecule has 30 heavy (non-hydrogen) atoms. The molecule has 0 bridgehead atoms. The zero-order valence-corrected chi connectivity index (χ0v) is 18.0. The average Bonchev–Trinajstić information content (AvgIpc) is 3.10. The maximum Gasteiger partial charge on any atom is 0.225 e. The lowest BCUT2D eigenvalue weighted by atomic mass is 9.96. The van der Waals surface area contributed by atoms with E-state index < -0.39 is 0 Å². The molecule has 1 N–H and O–H groups in total. The van der Waals surface area contributed by atoms with Gasteiger partial charge in [0, 0.05) is 32.5 Å². The number of aryl methyl sites for hydroxylation is 1. The summed E-state index contributed by atoms with van der Waals surface area (Å²) in [6.07, 6.45) is 6.18. The standard InChI is InChI=1S/C23H30N6O/c1-16(2)14-19(21-26-18-9-4-5-10-20(18)28(21)3)27-22(30)17-8-6-13-29(15-17)23-24-11-7-12-25-23/h4-5,7,9-12,16-17,19H,6,8,13-15H2,1-3H3,(H,27,30)/t17?,19-/m0/s1. The van der Waals surface area contributed by atoms with Crippen LogP contribution in [0.2, 0.25) is 0 Å². The number of hydrogen-bond acceptors (Lipinski definition) is 5. The molecule has 1 aliphatic rings. The van der Waals surface area contributed by atoms with E-state index in [1.165, 1.54) is 0 Å². The summed E-state index contributed by atoms with van der Waals surface area (Å²) >= 11 is 0. The number of anilines is 1. The van der Waals surface area contributed by atoms with Gasteiger partial charge >= 0.3 is 0 Å². The molecular weight excluding hydrogens is 376 g/mol. The Balaban J connectivity index is 1.52. The first-order valence-corrected chi connectivity index (χ1v) is 10.8. The van der Waals surface area contributed by atoms with E-state index in [1.807, 2.05) is 31.3 Å². The highest BCUT2D eigenvalue weighted by atomic mass is 16.2. The summed E-state index contributed by atoms with van der Waals surface area (Å²) in [5.74, 6) is 2.07. The monoisotopic (exact) mass is 406 g/mol. The number of carbonyl (C=O) groups excluding carboxylic acids is 1. The number of aromatic nitrogens is 4. The second-order valence-corrected chi connectivity index (χ2v) is 8.54. The van der Waals surface area contributed by atoms with Crippen LogP contribution in [-0.4, -0.2) is 38.5 Å². The summed E-state index contributed by atoms with van der Waals surface area (Å²) in [6, 6.07) is 9.80. The number of hydrogen-bond donors (Lipinski definition) is 1. The first-order valence-electron chi connectivity index (χ1n) is 10.8. The molecule has 0 saturated carbocycles. The number of piperidine rings is 1. The number of carbonyl (C=O) groups is 1. The van der Waals surface area contributed by atoms with Crippen LogP contribution in [0.3, 0.4) is 0 Å².